The average molecular weight is 488 g/mol. The summed E-state index contributed by atoms with van der Waals surface area (Å²) < 4.78 is 5.33. The van der Waals surface area contributed by atoms with Crippen molar-refractivity contribution < 1.29 is 14.3 Å². The first-order chi connectivity index (χ1) is 17.0. The van der Waals surface area contributed by atoms with Gasteiger partial charge in [-0.25, -0.2) is 0 Å². The van der Waals surface area contributed by atoms with Gasteiger partial charge in [-0.1, -0.05) is 54.1 Å². The van der Waals surface area contributed by atoms with Crippen molar-refractivity contribution in [3.8, 4) is 0 Å². The molecule has 2 atom stereocenters. The molecule has 4 aromatic rings. The van der Waals surface area contributed by atoms with Gasteiger partial charge < -0.3 is 19.9 Å². The summed E-state index contributed by atoms with van der Waals surface area (Å²) >= 11 is 6.45. The zero-order valence-corrected chi connectivity index (χ0v) is 20.3. The van der Waals surface area contributed by atoms with Crippen molar-refractivity contribution in [3.05, 3.63) is 100 Å². The van der Waals surface area contributed by atoms with E-state index in [9.17, 15) is 9.59 Å². The van der Waals surface area contributed by atoms with E-state index in [0.29, 0.717) is 35.0 Å². The van der Waals surface area contributed by atoms with Crippen molar-refractivity contribution in [2.75, 3.05) is 25.6 Å². The first kappa shape index (κ1) is 23.1. The highest BCUT2D eigenvalue weighted by atomic mass is 35.5. The summed E-state index contributed by atoms with van der Waals surface area (Å²) in [6.45, 7) is 2.65. The van der Waals surface area contributed by atoms with Crippen LogP contribution in [0.2, 0.25) is 5.02 Å². The lowest BCUT2D eigenvalue weighted by molar-refractivity contribution is -0.119. The van der Waals surface area contributed by atoms with Crippen molar-refractivity contribution in [2.24, 2.45) is 0 Å². The lowest BCUT2D eigenvalue weighted by Crippen LogP contribution is -2.47. The van der Waals surface area contributed by atoms with E-state index in [1.165, 1.54) is 0 Å². The number of ether oxygens (including phenoxy) is 1. The normalized spacial score (nSPS) is 17.5. The van der Waals surface area contributed by atoms with Gasteiger partial charge in [0.25, 0.3) is 5.91 Å². The number of nitrogens with zero attached hydrogens (tertiary/aromatic N) is 1. The number of carbonyl (C=O) groups excluding carboxylic acids is 2. The molecule has 5 rings (SSSR count). The number of para-hydroxylation sites is 1. The fraction of sp³-hybridized carbons (Fsp3) is 0.214. The van der Waals surface area contributed by atoms with E-state index in [1.54, 1.807) is 24.1 Å². The molecular weight excluding hydrogens is 462 g/mol. The summed E-state index contributed by atoms with van der Waals surface area (Å²) in [5.41, 5.74) is 4.59. The molecule has 7 heteroatoms. The number of methoxy groups -OCH3 is 1. The highest BCUT2D eigenvalue weighted by Gasteiger charge is 2.44. The van der Waals surface area contributed by atoms with Gasteiger partial charge in [0.15, 0.2) is 0 Å². The predicted octanol–water partition coefficient (Wildman–Crippen LogP) is 5.70. The molecule has 3 aromatic carbocycles. The summed E-state index contributed by atoms with van der Waals surface area (Å²) in [6, 6.07) is 20.2. The minimum absolute atomic E-state index is 0.120. The van der Waals surface area contributed by atoms with E-state index in [2.05, 4.69) is 10.3 Å². The van der Waals surface area contributed by atoms with Crippen LogP contribution in [0, 0.1) is 6.92 Å². The Balaban J connectivity index is 1.67. The SMILES string of the molecule is COCCN1C(=O)c2ccccc2[C@H](C(=O)Nc2ccc(C)cc2Cl)[C@@H]1c1c[nH]c2ccccc12. The molecule has 0 aliphatic carbocycles. The molecule has 2 N–H and O–H groups in total. The molecule has 0 unspecified atom stereocenters. The van der Waals surface area contributed by atoms with Gasteiger partial charge in [-0.15, -0.1) is 0 Å². The molecular formula is C28H26ClN3O3. The Morgan fingerprint density at radius 3 is 2.66 bits per heavy atom. The van der Waals surface area contributed by atoms with Crippen molar-refractivity contribution in [3.63, 3.8) is 0 Å². The lowest BCUT2D eigenvalue weighted by Gasteiger charge is -2.41. The number of hydrogen-bond acceptors (Lipinski definition) is 3. The van der Waals surface area contributed by atoms with Crippen LogP contribution in [-0.4, -0.2) is 42.0 Å². The zero-order chi connectivity index (χ0) is 24.5. The van der Waals surface area contributed by atoms with Crippen LogP contribution in [0.4, 0.5) is 5.69 Å². The van der Waals surface area contributed by atoms with E-state index in [0.717, 1.165) is 22.0 Å². The molecule has 2 amide bonds. The topological polar surface area (TPSA) is 74.4 Å². The van der Waals surface area contributed by atoms with Crippen molar-refractivity contribution in [2.45, 2.75) is 18.9 Å². The number of aryl methyl sites for hydroxylation is 1. The van der Waals surface area contributed by atoms with Crippen LogP contribution < -0.4 is 5.32 Å². The number of anilines is 1. The number of aromatic amines is 1. The Morgan fingerprint density at radius 2 is 1.86 bits per heavy atom. The van der Waals surface area contributed by atoms with Gasteiger partial charge >= 0.3 is 0 Å². The van der Waals surface area contributed by atoms with Crippen molar-refractivity contribution >= 4 is 40.0 Å². The molecule has 0 saturated heterocycles. The Kier molecular flexibility index (Phi) is 6.32. The maximum atomic E-state index is 14.0. The van der Waals surface area contributed by atoms with Crippen LogP contribution >= 0.6 is 11.6 Å². The smallest absolute Gasteiger partial charge is 0.254 e. The standard InChI is InChI=1S/C28H26ClN3O3/c1-17-11-12-24(22(29)15-17)31-27(33)25-19-8-3-4-9-20(19)28(34)32(13-14-35-2)26(25)21-16-30-23-10-6-5-7-18(21)23/h3-12,15-16,25-26,30H,13-14H2,1-2H3,(H,31,33)/t25-,26-/m0/s1. The third kappa shape index (κ3) is 4.20. The highest BCUT2D eigenvalue weighted by Crippen LogP contribution is 2.45. The molecule has 2 heterocycles. The zero-order valence-electron chi connectivity index (χ0n) is 19.5. The first-order valence-electron chi connectivity index (χ1n) is 11.5. The molecule has 0 bridgehead atoms. The number of halogens is 1. The van der Waals surface area contributed by atoms with Gasteiger partial charge in [-0.2, -0.15) is 0 Å². The number of amides is 2. The van der Waals surface area contributed by atoms with Crippen LogP contribution in [0.5, 0.6) is 0 Å². The van der Waals surface area contributed by atoms with Crippen LogP contribution in [0.1, 0.15) is 39.0 Å². The van der Waals surface area contributed by atoms with E-state index in [-0.39, 0.29) is 11.8 Å². The Morgan fingerprint density at radius 1 is 1.09 bits per heavy atom. The van der Waals surface area contributed by atoms with Gasteiger partial charge in [0, 0.05) is 41.9 Å². The summed E-state index contributed by atoms with van der Waals surface area (Å²) in [4.78, 5) is 32.7. The third-order valence-corrected chi connectivity index (χ3v) is 6.89. The second-order valence-electron chi connectivity index (χ2n) is 8.76. The molecule has 1 aliphatic rings. The summed E-state index contributed by atoms with van der Waals surface area (Å²) in [6.07, 6.45) is 1.90. The van der Waals surface area contributed by atoms with Gasteiger partial charge in [0.05, 0.1) is 29.3 Å². The molecule has 0 fully saturated rings. The molecule has 0 spiro atoms. The number of benzene rings is 3. The maximum absolute atomic E-state index is 14.0. The fourth-order valence-electron chi connectivity index (χ4n) is 4.93. The third-order valence-electron chi connectivity index (χ3n) is 6.58. The largest absolute Gasteiger partial charge is 0.383 e. The molecule has 178 valence electrons. The molecule has 35 heavy (non-hydrogen) atoms. The molecule has 0 saturated carbocycles. The van der Waals surface area contributed by atoms with Gasteiger partial charge in [0.2, 0.25) is 5.91 Å². The van der Waals surface area contributed by atoms with E-state index < -0.39 is 12.0 Å². The number of nitrogens with one attached hydrogen (secondary N) is 2. The van der Waals surface area contributed by atoms with Gasteiger partial charge in [0.1, 0.15) is 0 Å². The number of rotatable bonds is 6. The van der Waals surface area contributed by atoms with Crippen molar-refractivity contribution in [1.82, 2.24) is 9.88 Å². The molecule has 1 aliphatic heterocycles. The van der Waals surface area contributed by atoms with Crippen LogP contribution in [0.15, 0.2) is 72.9 Å². The Hall–Kier alpha value is -3.61. The van der Waals surface area contributed by atoms with Crippen molar-refractivity contribution in [1.29, 1.82) is 0 Å². The summed E-state index contributed by atoms with van der Waals surface area (Å²) in [5, 5.41) is 4.47. The lowest BCUT2D eigenvalue weighted by atomic mass is 9.79. The van der Waals surface area contributed by atoms with E-state index in [1.807, 2.05) is 67.7 Å². The van der Waals surface area contributed by atoms with E-state index >= 15 is 0 Å². The monoisotopic (exact) mass is 487 g/mol. The minimum Gasteiger partial charge on any atom is -0.383 e. The molecule has 6 nitrogen and oxygen atoms in total. The maximum Gasteiger partial charge on any atom is 0.254 e. The molecule has 1 aromatic heterocycles. The van der Waals surface area contributed by atoms with Gasteiger partial charge in [-0.3, -0.25) is 9.59 Å². The van der Waals surface area contributed by atoms with E-state index in [4.69, 9.17) is 16.3 Å². The number of H-pyrrole nitrogens is 1. The Bertz CT molecular complexity index is 1410. The van der Waals surface area contributed by atoms with Gasteiger partial charge in [-0.05, 0) is 42.3 Å². The first-order valence-corrected chi connectivity index (χ1v) is 11.9. The summed E-state index contributed by atoms with van der Waals surface area (Å²) in [5.74, 6) is -1.00. The number of fused-ring (bicyclic) bond motifs is 2. The second-order valence-corrected chi connectivity index (χ2v) is 9.17. The van der Waals surface area contributed by atoms with Crippen LogP contribution in [0.3, 0.4) is 0 Å². The predicted molar refractivity (Wildman–Crippen MR) is 138 cm³/mol. The minimum atomic E-state index is -0.655. The summed E-state index contributed by atoms with van der Waals surface area (Å²) in [7, 11) is 1.60. The highest BCUT2D eigenvalue weighted by molar-refractivity contribution is 6.33. The number of carbonyl (C=O) groups is 2. The van der Waals surface area contributed by atoms with Crippen LogP contribution in [0.25, 0.3) is 10.9 Å². The van der Waals surface area contributed by atoms with Crippen LogP contribution in [-0.2, 0) is 9.53 Å². The fourth-order valence-corrected chi connectivity index (χ4v) is 5.21. The quantitative estimate of drug-likeness (QED) is 0.366. The number of aromatic nitrogens is 1. The molecule has 0 radical (unpaired) electrons. The second kappa shape index (κ2) is 9.56. The average Bonchev–Trinajstić information content (AvgIpc) is 3.29. The number of hydrogen-bond donors (Lipinski definition) is 2. The Labute approximate surface area is 208 Å².